The fraction of sp³-hybridized carbons (Fsp3) is 0.250. The summed E-state index contributed by atoms with van der Waals surface area (Å²) in [4.78, 5) is 22.3. The van der Waals surface area contributed by atoms with Crippen LogP contribution in [-0.2, 0) is 12.4 Å². The van der Waals surface area contributed by atoms with Crippen molar-refractivity contribution in [2.24, 2.45) is 0 Å². The van der Waals surface area contributed by atoms with Gasteiger partial charge in [-0.25, -0.2) is 0 Å². The van der Waals surface area contributed by atoms with Crippen molar-refractivity contribution in [2.45, 2.75) is 24.6 Å². The number of aliphatic hydroxyl groups excluding tert-OH is 4. The first-order chi connectivity index (χ1) is 24.8. The van der Waals surface area contributed by atoms with E-state index in [-0.39, 0.29) is 11.1 Å². The van der Waals surface area contributed by atoms with Crippen molar-refractivity contribution < 1.29 is 70.8 Å². The summed E-state index contributed by atoms with van der Waals surface area (Å²) in [6.07, 6.45) is -13.0. The van der Waals surface area contributed by atoms with Crippen molar-refractivity contribution in [2.75, 3.05) is 26.4 Å². The number of rotatable bonds is 14. The third-order valence-electron chi connectivity index (χ3n) is 7.20. The lowest BCUT2D eigenvalue weighted by molar-refractivity contribution is -0.386. The second kappa shape index (κ2) is 16.4. The molecule has 0 spiro atoms. The van der Waals surface area contributed by atoms with Crippen LogP contribution < -0.4 is 14.2 Å². The fourth-order valence-corrected chi connectivity index (χ4v) is 5.29. The number of nitro groups is 2. The molecule has 53 heavy (non-hydrogen) atoms. The summed E-state index contributed by atoms with van der Waals surface area (Å²) < 4.78 is 98.3. The standard InChI is InChI=1S/C32H24Cl2F6N2O11/c33-21-9-15(31(35,36)37)1-3-19(21)27-25(7-5-23(41(47)48)29(27)51-13-17(45)11-43)53-26-8-6-24(42(49)50)30(52-14-18(46)12-44)28(26)20-4-2-16(10-22(20)34)32(38,39)40/h1-10,17-18,43-46H,11-14H2. The van der Waals surface area contributed by atoms with Gasteiger partial charge in [0.15, 0.2) is 0 Å². The Morgan fingerprint density at radius 2 is 1.00 bits per heavy atom. The molecule has 284 valence electrons. The highest BCUT2D eigenvalue weighted by atomic mass is 35.5. The first-order valence-electron chi connectivity index (χ1n) is 14.7. The van der Waals surface area contributed by atoms with Crippen molar-refractivity contribution >= 4 is 34.6 Å². The van der Waals surface area contributed by atoms with Gasteiger partial charge in [0.25, 0.3) is 0 Å². The minimum Gasteiger partial charge on any atom is -0.483 e. The van der Waals surface area contributed by atoms with E-state index in [9.17, 15) is 67.0 Å². The minimum atomic E-state index is -4.89. The smallest absolute Gasteiger partial charge is 0.416 e. The molecule has 0 aromatic heterocycles. The summed E-state index contributed by atoms with van der Waals surface area (Å²) in [5.74, 6) is -2.49. The van der Waals surface area contributed by atoms with Gasteiger partial charge in [0.1, 0.15) is 36.9 Å². The lowest BCUT2D eigenvalue weighted by atomic mass is 9.99. The molecule has 0 aliphatic rings. The monoisotopic (exact) mass is 796 g/mol. The number of alkyl halides is 6. The maximum absolute atomic E-state index is 13.5. The number of aliphatic hydroxyl groups is 4. The Kier molecular flexibility index (Phi) is 12.6. The Morgan fingerprint density at radius 3 is 1.28 bits per heavy atom. The molecule has 0 bridgehead atoms. The van der Waals surface area contributed by atoms with Crippen LogP contribution in [0.15, 0.2) is 60.7 Å². The van der Waals surface area contributed by atoms with Crippen molar-refractivity contribution in [1.82, 2.24) is 0 Å². The van der Waals surface area contributed by atoms with Gasteiger partial charge < -0.3 is 34.6 Å². The summed E-state index contributed by atoms with van der Waals surface area (Å²) >= 11 is 12.6. The Morgan fingerprint density at radius 1 is 0.642 bits per heavy atom. The highest BCUT2D eigenvalue weighted by molar-refractivity contribution is 6.34. The quantitative estimate of drug-likeness (QED) is 0.0563. The lowest BCUT2D eigenvalue weighted by Crippen LogP contribution is -2.22. The molecule has 0 saturated carbocycles. The second-order valence-corrected chi connectivity index (χ2v) is 11.7. The maximum Gasteiger partial charge on any atom is 0.416 e. The molecule has 0 fully saturated rings. The van der Waals surface area contributed by atoms with Gasteiger partial charge in [-0.2, -0.15) is 26.3 Å². The van der Waals surface area contributed by atoms with Crippen LogP contribution in [0.5, 0.6) is 23.0 Å². The minimum absolute atomic E-state index is 0.370. The summed E-state index contributed by atoms with van der Waals surface area (Å²) in [5, 5.41) is 61.4. The normalized spacial score (nSPS) is 13.0. The van der Waals surface area contributed by atoms with Crippen LogP contribution >= 0.6 is 23.2 Å². The number of hydrogen-bond acceptors (Lipinski definition) is 11. The van der Waals surface area contributed by atoms with E-state index < -0.39 is 128 Å². The van der Waals surface area contributed by atoms with E-state index in [4.69, 9.17) is 37.4 Å². The van der Waals surface area contributed by atoms with E-state index in [0.29, 0.717) is 24.3 Å². The van der Waals surface area contributed by atoms with Crippen LogP contribution in [0, 0.1) is 20.2 Å². The Hall–Kier alpha value is -4.92. The van der Waals surface area contributed by atoms with Gasteiger partial charge in [0, 0.05) is 33.3 Å². The molecule has 2 unspecified atom stereocenters. The first kappa shape index (κ1) is 40.8. The summed E-state index contributed by atoms with van der Waals surface area (Å²) in [5.41, 5.74) is -5.86. The molecule has 0 heterocycles. The number of halogens is 8. The number of hydrogen-bond donors (Lipinski definition) is 4. The van der Waals surface area contributed by atoms with E-state index in [0.717, 1.165) is 36.4 Å². The van der Waals surface area contributed by atoms with Crippen molar-refractivity contribution in [3.05, 3.63) is 102 Å². The van der Waals surface area contributed by atoms with Crippen LogP contribution in [0.3, 0.4) is 0 Å². The molecule has 4 aromatic rings. The van der Waals surface area contributed by atoms with Crippen LogP contribution in [0.4, 0.5) is 37.7 Å². The maximum atomic E-state index is 13.5. The predicted octanol–water partition coefficient (Wildman–Crippen LogP) is 7.44. The third-order valence-corrected chi connectivity index (χ3v) is 7.83. The zero-order chi connectivity index (χ0) is 39.4. The SMILES string of the molecule is O=[N+]([O-])c1ccc(Oc2ccc([N+](=O)[O-])c(OCC(O)CO)c2-c2ccc(C(F)(F)F)cc2Cl)c(-c2ccc(C(F)(F)F)cc2Cl)c1OCC(O)CO. The van der Waals surface area contributed by atoms with Crippen molar-refractivity contribution in [1.29, 1.82) is 0 Å². The average Bonchev–Trinajstić information content (AvgIpc) is 3.08. The molecule has 0 amide bonds. The van der Waals surface area contributed by atoms with Crippen LogP contribution in [0.1, 0.15) is 11.1 Å². The van der Waals surface area contributed by atoms with E-state index >= 15 is 0 Å². The molecule has 0 saturated heterocycles. The van der Waals surface area contributed by atoms with Crippen LogP contribution in [0.2, 0.25) is 10.0 Å². The van der Waals surface area contributed by atoms with Gasteiger partial charge >= 0.3 is 23.7 Å². The Balaban J connectivity index is 2.09. The molecule has 2 atom stereocenters. The number of nitro benzene ring substituents is 2. The molecule has 0 aliphatic heterocycles. The van der Waals surface area contributed by atoms with Crippen LogP contribution in [-0.4, -0.2) is 68.9 Å². The highest BCUT2D eigenvalue weighted by Crippen LogP contribution is 2.53. The Bertz CT molecular complexity index is 1870. The molecule has 4 aromatic carbocycles. The van der Waals surface area contributed by atoms with Gasteiger partial charge in [-0.05, 0) is 36.4 Å². The predicted molar refractivity (Wildman–Crippen MR) is 174 cm³/mol. The largest absolute Gasteiger partial charge is 0.483 e. The van der Waals surface area contributed by atoms with Gasteiger partial charge in [-0.1, -0.05) is 35.3 Å². The van der Waals surface area contributed by atoms with E-state index in [1.54, 1.807) is 0 Å². The van der Waals surface area contributed by atoms with Crippen molar-refractivity contribution in [3.63, 3.8) is 0 Å². The van der Waals surface area contributed by atoms with Gasteiger partial charge in [0.05, 0.1) is 45.3 Å². The van der Waals surface area contributed by atoms with E-state index in [1.165, 1.54) is 0 Å². The number of nitrogens with zero attached hydrogens (tertiary/aromatic N) is 2. The highest BCUT2D eigenvalue weighted by Gasteiger charge is 2.35. The molecule has 0 aliphatic carbocycles. The van der Waals surface area contributed by atoms with Gasteiger partial charge in [-0.3, -0.25) is 20.2 Å². The molecule has 4 rings (SSSR count). The zero-order valence-corrected chi connectivity index (χ0v) is 27.8. The molecule has 0 radical (unpaired) electrons. The zero-order valence-electron chi connectivity index (χ0n) is 26.3. The fourth-order valence-electron chi connectivity index (χ4n) is 4.74. The molecule has 21 heteroatoms. The van der Waals surface area contributed by atoms with E-state index in [1.807, 2.05) is 0 Å². The summed E-state index contributed by atoms with van der Waals surface area (Å²) in [7, 11) is 0. The number of benzene rings is 4. The number of ether oxygens (including phenoxy) is 3. The summed E-state index contributed by atoms with van der Waals surface area (Å²) in [6.45, 7) is -3.37. The van der Waals surface area contributed by atoms with Crippen molar-refractivity contribution in [3.8, 4) is 45.3 Å². The molecule has 4 N–H and O–H groups in total. The van der Waals surface area contributed by atoms with Crippen LogP contribution in [0.25, 0.3) is 22.3 Å². The molecular formula is C32H24Cl2F6N2O11. The first-order valence-corrected chi connectivity index (χ1v) is 15.4. The average molecular weight is 797 g/mol. The lowest BCUT2D eigenvalue weighted by Gasteiger charge is -2.22. The second-order valence-electron chi connectivity index (χ2n) is 10.9. The molecular weight excluding hydrogens is 773 g/mol. The van der Waals surface area contributed by atoms with Gasteiger partial charge in [-0.15, -0.1) is 0 Å². The topological polar surface area (TPSA) is 195 Å². The summed E-state index contributed by atoms with van der Waals surface area (Å²) in [6, 6.07) is 7.29. The Labute approximate surface area is 303 Å². The third kappa shape index (κ3) is 9.36. The van der Waals surface area contributed by atoms with E-state index in [2.05, 4.69) is 0 Å². The van der Waals surface area contributed by atoms with Gasteiger partial charge in [0.2, 0.25) is 11.5 Å². The molecule has 13 nitrogen and oxygen atoms in total.